The van der Waals surface area contributed by atoms with Crippen LogP contribution in [0.5, 0.6) is 0 Å². The van der Waals surface area contributed by atoms with Crippen molar-refractivity contribution < 1.29 is 0 Å². The van der Waals surface area contributed by atoms with E-state index < -0.39 is 0 Å². The number of rotatable bonds is 3. The molecule has 0 bridgehead atoms. The molecule has 0 spiro atoms. The Morgan fingerprint density at radius 3 is 2.74 bits per heavy atom. The van der Waals surface area contributed by atoms with Gasteiger partial charge in [0.1, 0.15) is 0 Å². The summed E-state index contributed by atoms with van der Waals surface area (Å²) < 4.78 is 3.08. The van der Waals surface area contributed by atoms with Crippen molar-refractivity contribution in [1.29, 1.82) is 0 Å². The number of aromatic nitrogens is 3. The van der Waals surface area contributed by atoms with Gasteiger partial charge in [-0.2, -0.15) is 0 Å². The van der Waals surface area contributed by atoms with Gasteiger partial charge in [-0.1, -0.05) is 30.7 Å². The van der Waals surface area contributed by atoms with E-state index in [2.05, 4.69) is 66.9 Å². The Bertz CT molecular complexity index is 1150. The molecule has 0 radical (unpaired) electrons. The molecule has 5 nitrogen and oxygen atoms in total. The minimum absolute atomic E-state index is 0.0879. The second-order valence-electron chi connectivity index (χ2n) is 8.30. The molecule has 5 rings (SSSR count). The Morgan fingerprint density at radius 1 is 1.19 bits per heavy atom. The molecule has 1 N–H and O–H groups in total. The van der Waals surface area contributed by atoms with Crippen molar-refractivity contribution in [3.8, 4) is 0 Å². The molecule has 3 heterocycles. The number of allylic oxidation sites excluding steroid dienone is 1. The summed E-state index contributed by atoms with van der Waals surface area (Å²) in [4.78, 5) is 11.9. The summed E-state index contributed by atoms with van der Waals surface area (Å²) in [5.74, 6) is 0.149. The summed E-state index contributed by atoms with van der Waals surface area (Å²) >= 11 is 10.1. The Kier molecular flexibility index (Phi) is 5.73. The SMILES string of the molecule is CC(C1=Cc2cc(Cl)ccc2[C@H](N2CCNCC2)c2ncc(Br)cc21)c1cncn1C. The first kappa shape index (κ1) is 20.9. The molecule has 2 aromatic heterocycles. The first-order valence-corrected chi connectivity index (χ1v) is 11.8. The molecule has 31 heavy (non-hydrogen) atoms. The van der Waals surface area contributed by atoms with Gasteiger partial charge in [-0.15, -0.1) is 0 Å². The van der Waals surface area contributed by atoms with Crippen LogP contribution < -0.4 is 5.32 Å². The molecule has 7 heteroatoms. The lowest BCUT2D eigenvalue weighted by atomic mass is 9.89. The molecule has 0 saturated carbocycles. The molecule has 1 aliphatic carbocycles. The summed E-state index contributed by atoms with van der Waals surface area (Å²) in [5, 5.41) is 4.23. The van der Waals surface area contributed by atoms with E-state index in [-0.39, 0.29) is 12.0 Å². The smallest absolute Gasteiger partial charge is 0.0945 e. The average Bonchev–Trinajstić information content (AvgIpc) is 3.14. The molecule has 1 unspecified atom stereocenters. The third-order valence-electron chi connectivity index (χ3n) is 6.39. The van der Waals surface area contributed by atoms with Crippen LogP contribution in [0.15, 0.2) is 47.5 Å². The highest BCUT2D eigenvalue weighted by molar-refractivity contribution is 9.10. The molecule has 3 aromatic rings. The quantitative estimate of drug-likeness (QED) is 0.559. The number of pyridine rings is 1. The maximum absolute atomic E-state index is 6.46. The molecular formula is C24H25BrClN5. The topological polar surface area (TPSA) is 46.0 Å². The zero-order valence-corrected chi connectivity index (χ0v) is 20.0. The Morgan fingerprint density at radius 2 is 2.00 bits per heavy atom. The summed E-state index contributed by atoms with van der Waals surface area (Å²) in [5.41, 5.74) is 7.10. The van der Waals surface area contributed by atoms with Crippen molar-refractivity contribution in [1.82, 2.24) is 24.8 Å². The van der Waals surface area contributed by atoms with Gasteiger partial charge in [0.05, 0.1) is 18.1 Å². The van der Waals surface area contributed by atoms with Crippen LogP contribution in [0.1, 0.15) is 47.0 Å². The molecule has 0 amide bonds. The highest BCUT2D eigenvalue weighted by Gasteiger charge is 2.33. The van der Waals surface area contributed by atoms with Gasteiger partial charge in [-0.3, -0.25) is 9.88 Å². The number of piperazine rings is 1. The fourth-order valence-electron chi connectivity index (χ4n) is 4.82. The Balaban J connectivity index is 1.75. The molecule has 160 valence electrons. The first-order valence-electron chi connectivity index (χ1n) is 10.6. The van der Waals surface area contributed by atoms with E-state index in [4.69, 9.17) is 16.6 Å². The zero-order valence-electron chi connectivity index (χ0n) is 17.6. The summed E-state index contributed by atoms with van der Waals surface area (Å²) in [6.45, 7) is 6.17. The van der Waals surface area contributed by atoms with Crippen LogP contribution in [0.2, 0.25) is 5.02 Å². The number of benzene rings is 1. The van der Waals surface area contributed by atoms with Crippen LogP contribution in [-0.2, 0) is 7.05 Å². The predicted molar refractivity (Wildman–Crippen MR) is 129 cm³/mol. The third kappa shape index (κ3) is 3.87. The summed E-state index contributed by atoms with van der Waals surface area (Å²) in [6, 6.07) is 8.56. The van der Waals surface area contributed by atoms with Crippen LogP contribution in [-0.4, -0.2) is 45.6 Å². The van der Waals surface area contributed by atoms with E-state index in [1.807, 2.05) is 31.8 Å². The van der Waals surface area contributed by atoms with E-state index in [1.54, 1.807) is 0 Å². The lowest BCUT2D eigenvalue weighted by Gasteiger charge is -2.36. The molecule has 1 aromatic carbocycles. The van der Waals surface area contributed by atoms with Gasteiger partial charge in [0, 0.05) is 72.3 Å². The number of hydrogen-bond acceptors (Lipinski definition) is 4. The predicted octanol–water partition coefficient (Wildman–Crippen LogP) is 4.88. The molecule has 2 aliphatic rings. The van der Waals surface area contributed by atoms with Crippen LogP contribution in [0.4, 0.5) is 0 Å². The van der Waals surface area contributed by atoms with Crippen molar-refractivity contribution in [2.75, 3.05) is 26.2 Å². The largest absolute Gasteiger partial charge is 0.337 e. The van der Waals surface area contributed by atoms with Gasteiger partial charge < -0.3 is 9.88 Å². The van der Waals surface area contributed by atoms with Crippen molar-refractivity contribution in [2.45, 2.75) is 18.9 Å². The third-order valence-corrected chi connectivity index (χ3v) is 7.06. The zero-order chi connectivity index (χ0) is 21.5. The van der Waals surface area contributed by atoms with Gasteiger partial charge >= 0.3 is 0 Å². The summed E-state index contributed by atoms with van der Waals surface area (Å²) in [7, 11) is 2.05. The van der Waals surface area contributed by atoms with Gasteiger partial charge in [-0.05, 0) is 50.8 Å². The lowest BCUT2D eigenvalue weighted by Crippen LogP contribution is -2.45. The maximum atomic E-state index is 6.46. The highest BCUT2D eigenvalue weighted by atomic mass is 79.9. The fraction of sp³-hybridized carbons (Fsp3) is 0.333. The number of nitrogens with one attached hydrogen (secondary N) is 1. The van der Waals surface area contributed by atoms with Gasteiger partial charge in [-0.25, -0.2) is 4.98 Å². The van der Waals surface area contributed by atoms with E-state index in [9.17, 15) is 0 Å². The monoisotopic (exact) mass is 497 g/mol. The number of hydrogen-bond donors (Lipinski definition) is 1. The molecule has 1 saturated heterocycles. The average molecular weight is 499 g/mol. The number of nitrogens with zero attached hydrogens (tertiary/aromatic N) is 4. The van der Waals surface area contributed by atoms with E-state index in [1.165, 1.54) is 22.4 Å². The van der Waals surface area contributed by atoms with E-state index in [0.29, 0.717) is 0 Å². The van der Waals surface area contributed by atoms with Gasteiger partial charge in [0.25, 0.3) is 0 Å². The van der Waals surface area contributed by atoms with Crippen molar-refractivity contribution in [3.05, 3.63) is 80.6 Å². The summed E-state index contributed by atoms with van der Waals surface area (Å²) in [6.07, 6.45) is 8.03. The minimum Gasteiger partial charge on any atom is -0.337 e. The number of imidazole rings is 1. The van der Waals surface area contributed by atoms with Crippen LogP contribution in [0.25, 0.3) is 11.6 Å². The normalized spacial score (nSPS) is 19.9. The standard InChI is InChI=1S/C24H25BrClN5/c1-15(22-13-28-14-30(22)2)20-10-16-9-18(26)3-4-19(16)24(31-7-5-27-6-8-31)23-21(20)11-17(25)12-29-23/h3-4,9-15,24,27H,5-8H2,1-2H3/t15?,24-/m0/s1. The molecule has 1 aliphatic heterocycles. The maximum Gasteiger partial charge on any atom is 0.0945 e. The van der Waals surface area contributed by atoms with Gasteiger partial charge in [0.2, 0.25) is 0 Å². The van der Waals surface area contributed by atoms with E-state index in [0.717, 1.165) is 46.9 Å². The number of aryl methyl sites for hydroxylation is 1. The van der Waals surface area contributed by atoms with E-state index >= 15 is 0 Å². The number of halogens is 2. The Hall–Kier alpha value is -1.99. The molecule has 1 fully saturated rings. The molecule has 2 atom stereocenters. The second kappa shape index (κ2) is 8.51. The van der Waals surface area contributed by atoms with Crippen molar-refractivity contribution in [2.24, 2.45) is 7.05 Å². The fourth-order valence-corrected chi connectivity index (χ4v) is 5.34. The minimum atomic E-state index is 0.0879. The first-order chi connectivity index (χ1) is 15.0. The molecular weight excluding hydrogens is 474 g/mol. The highest BCUT2D eigenvalue weighted by Crippen LogP contribution is 2.44. The van der Waals surface area contributed by atoms with Crippen LogP contribution >= 0.6 is 27.5 Å². The van der Waals surface area contributed by atoms with Crippen molar-refractivity contribution in [3.63, 3.8) is 0 Å². The Labute approximate surface area is 196 Å². The second-order valence-corrected chi connectivity index (χ2v) is 9.65. The number of fused-ring (bicyclic) bond motifs is 2. The van der Waals surface area contributed by atoms with Gasteiger partial charge in [0.15, 0.2) is 0 Å². The van der Waals surface area contributed by atoms with Crippen LogP contribution in [0.3, 0.4) is 0 Å². The van der Waals surface area contributed by atoms with Crippen LogP contribution in [0, 0.1) is 0 Å². The lowest BCUT2D eigenvalue weighted by molar-refractivity contribution is 0.195. The van der Waals surface area contributed by atoms with Crippen molar-refractivity contribution >= 4 is 39.2 Å².